The summed E-state index contributed by atoms with van der Waals surface area (Å²) < 4.78 is 15.6. The second kappa shape index (κ2) is 6.83. The Bertz CT molecular complexity index is 673. The molecule has 3 rings (SSSR count). The van der Waals surface area contributed by atoms with Crippen LogP contribution in [0.1, 0.15) is 11.9 Å². The van der Waals surface area contributed by atoms with E-state index in [1.807, 2.05) is 0 Å². The van der Waals surface area contributed by atoms with Gasteiger partial charge in [-0.25, -0.2) is 0 Å². The van der Waals surface area contributed by atoms with Gasteiger partial charge in [-0.2, -0.15) is 4.98 Å². The fourth-order valence-corrected chi connectivity index (χ4v) is 2.52. The molecular weight excluding hydrogens is 320 g/mol. The van der Waals surface area contributed by atoms with Crippen molar-refractivity contribution in [3.63, 3.8) is 0 Å². The lowest BCUT2D eigenvalue weighted by molar-refractivity contribution is -0.233. The minimum absolute atomic E-state index is 0.0118. The Balaban J connectivity index is 1.83. The average Bonchev–Trinajstić information content (AvgIpc) is 3.10. The number of hydrogen-bond donors (Lipinski definition) is 4. The van der Waals surface area contributed by atoms with Gasteiger partial charge >= 0.3 is 0 Å². The summed E-state index contributed by atoms with van der Waals surface area (Å²) in [6.07, 6.45) is -6.55. The van der Waals surface area contributed by atoms with Gasteiger partial charge < -0.3 is 34.4 Å². The Morgan fingerprint density at radius 1 is 1.08 bits per heavy atom. The van der Waals surface area contributed by atoms with Crippen molar-refractivity contribution in [1.82, 2.24) is 10.1 Å². The summed E-state index contributed by atoms with van der Waals surface area (Å²) in [4.78, 5) is 4.16. The van der Waals surface area contributed by atoms with Crippen LogP contribution in [0.5, 0.6) is 5.75 Å². The summed E-state index contributed by atoms with van der Waals surface area (Å²) in [6, 6.07) is 6.91. The molecule has 1 aromatic carbocycles. The van der Waals surface area contributed by atoms with Gasteiger partial charge in [-0.3, -0.25) is 0 Å². The van der Waals surface area contributed by atoms with Gasteiger partial charge in [0.2, 0.25) is 5.82 Å². The third-order valence-electron chi connectivity index (χ3n) is 3.93. The van der Waals surface area contributed by atoms with E-state index in [4.69, 9.17) is 14.0 Å². The van der Waals surface area contributed by atoms with Gasteiger partial charge in [-0.15, -0.1) is 0 Å². The first-order valence-electron chi connectivity index (χ1n) is 7.33. The largest absolute Gasteiger partial charge is 0.497 e. The van der Waals surface area contributed by atoms with E-state index >= 15 is 0 Å². The van der Waals surface area contributed by atoms with Gasteiger partial charge in [0.1, 0.15) is 36.3 Å². The maximum absolute atomic E-state index is 10.1. The second-order valence-electron chi connectivity index (χ2n) is 5.44. The zero-order valence-electron chi connectivity index (χ0n) is 12.8. The number of aliphatic hydroxyl groups is 4. The molecule has 0 unspecified atom stereocenters. The lowest BCUT2D eigenvalue weighted by atomic mass is 9.95. The number of nitrogens with zero attached hydrogens (tertiary/aromatic N) is 2. The Morgan fingerprint density at radius 2 is 1.79 bits per heavy atom. The monoisotopic (exact) mass is 338 g/mol. The van der Waals surface area contributed by atoms with Crippen LogP contribution in [-0.4, -0.2) is 68.7 Å². The number of ether oxygens (including phenoxy) is 2. The van der Waals surface area contributed by atoms with Gasteiger partial charge in [0.05, 0.1) is 13.7 Å². The van der Waals surface area contributed by atoms with Crippen LogP contribution in [0.15, 0.2) is 28.8 Å². The highest BCUT2D eigenvalue weighted by Gasteiger charge is 2.45. The van der Waals surface area contributed by atoms with Crippen molar-refractivity contribution in [2.24, 2.45) is 0 Å². The molecule has 24 heavy (non-hydrogen) atoms. The van der Waals surface area contributed by atoms with Crippen molar-refractivity contribution in [2.75, 3.05) is 13.7 Å². The van der Waals surface area contributed by atoms with E-state index < -0.39 is 37.1 Å². The van der Waals surface area contributed by atoms with Crippen LogP contribution in [-0.2, 0) is 4.74 Å². The number of methoxy groups -OCH3 is 1. The van der Waals surface area contributed by atoms with Crippen molar-refractivity contribution < 1.29 is 34.4 Å². The summed E-state index contributed by atoms with van der Waals surface area (Å²) in [5.74, 6) is 0.884. The first-order chi connectivity index (χ1) is 11.5. The minimum Gasteiger partial charge on any atom is -0.497 e. The highest BCUT2D eigenvalue weighted by molar-refractivity contribution is 5.54. The number of aromatic nitrogens is 2. The van der Waals surface area contributed by atoms with Gasteiger partial charge in [0.15, 0.2) is 0 Å². The fraction of sp³-hybridized carbons (Fsp3) is 0.467. The summed E-state index contributed by atoms with van der Waals surface area (Å²) >= 11 is 0. The van der Waals surface area contributed by atoms with Crippen molar-refractivity contribution in [3.8, 4) is 17.2 Å². The molecule has 0 bridgehead atoms. The first-order valence-corrected chi connectivity index (χ1v) is 7.33. The Kier molecular flexibility index (Phi) is 4.78. The van der Waals surface area contributed by atoms with Crippen molar-refractivity contribution >= 4 is 0 Å². The molecule has 0 amide bonds. The van der Waals surface area contributed by atoms with Crippen molar-refractivity contribution in [1.29, 1.82) is 0 Å². The zero-order chi connectivity index (χ0) is 17.3. The van der Waals surface area contributed by atoms with Crippen LogP contribution in [0.25, 0.3) is 11.5 Å². The third-order valence-corrected chi connectivity index (χ3v) is 3.93. The van der Waals surface area contributed by atoms with E-state index in [2.05, 4.69) is 10.1 Å². The molecule has 1 saturated heterocycles. The predicted octanol–water partition coefficient (Wildman–Crippen LogP) is -0.740. The normalized spacial score (nSPS) is 30.3. The van der Waals surface area contributed by atoms with Crippen molar-refractivity contribution in [3.05, 3.63) is 30.1 Å². The third kappa shape index (κ3) is 2.99. The quantitative estimate of drug-likeness (QED) is 0.567. The van der Waals surface area contributed by atoms with Gasteiger partial charge in [-0.05, 0) is 24.3 Å². The molecule has 130 valence electrons. The van der Waals surface area contributed by atoms with E-state index in [9.17, 15) is 20.4 Å². The molecule has 9 nitrogen and oxygen atoms in total. The summed E-state index contributed by atoms with van der Waals surface area (Å²) in [5, 5.41) is 42.6. The highest BCUT2D eigenvalue weighted by Crippen LogP contribution is 2.32. The molecule has 1 fully saturated rings. The fourth-order valence-electron chi connectivity index (χ4n) is 2.52. The lowest BCUT2D eigenvalue weighted by Gasteiger charge is -2.38. The average molecular weight is 338 g/mol. The second-order valence-corrected chi connectivity index (χ2v) is 5.44. The molecule has 0 radical (unpaired) electrons. The smallest absolute Gasteiger partial charge is 0.258 e. The molecule has 0 aliphatic carbocycles. The highest BCUT2D eigenvalue weighted by atomic mass is 16.5. The maximum Gasteiger partial charge on any atom is 0.258 e. The molecule has 0 spiro atoms. The SMILES string of the molecule is COc1ccc(-c2nc([C@@H]3O[C@H](CO)[C@@H](O)[C@H](O)[C@H]3O)no2)cc1. The number of aliphatic hydroxyl groups excluding tert-OH is 4. The number of rotatable bonds is 4. The standard InChI is InChI=1S/C15H18N2O7/c1-22-8-4-2-7(3-5-8)15-16-14(17-24-15)13-12(21)11(20)10(19)9(6-18)23-13/h2-5,9-13,18-21H,6H2,1H3/t9-,10-,11+,12-,13-/m1/s1. The van der Waals surface area contributed by atoms with E-state index in [-0.39, 0.29) is 11.7 Å². The summed E-state index contributed by atoms with van der Waals surface area (Å²) in [5.41, 5.74) is 0.638. The molecule has 5 atom stereocenters. The topological polar surface area (TPSA) is 138 Å². The van der Waals surface area contributed by atoms with Gasteiger partial charge in [0.25, 0.3) is 5.89 Å². The molecule has 2 aromatic rings. The predicted molar refractivity (Wildman–Crippen MR) is 79.0 cm³/mol. The molecule has 1 aliphatic rings. The molecule has 1 aliphatic heterocycles. The van der Waals surface area contributed by atoms with E-state index in [1.165, 1.54) is 0 Å². The van der Waals surface area contributed by atoms with Crippen LogP contribution in [0.4, 0.5) is 0 Å². The molecule has 0 saturated carbocycles. The Morgan fingerprint density at radius 3 is 2.42 bits per heavy atom. The van der Waals surface area contributed by atoms with Gasteiger partial charge in [-0.1, -0.05) is 5.16 Å². The maximum atomic E-state index is 10.1. The number of hydrogen-bond acceptors (Lipinski definition) is 9. The van der Waals surface area contributed by atoms with Crippen LogP contribution < -0.4 is 4.74 Å². The van der Waals surface area contributed by atoms with E-state index in [0.29, 0.717) is 11.3 Å². The molecule has 2 heterocycles. The Hall–Kier alpha value is -2.04. The molecule has 4 N–H and O–H groups in total. The van der Waals surface area contributed by atoms with Crippen LogP contribution in [0.3, 0.4) is 0 Å². The van der Waals surface area contributed by atoms with E-state index in [0.717, 1.165) is 0 Å². The number of benzene rings is 1. The summed E-state index contributed by atoms with van der Waals surface area (Å²) in [6.45, 7) is -0.523. The van der Waals surface area contributed by atoms with Gasteiger partial charge in [0, 0.05) is 5.56 Å². The molecular formula is C15H18N2O7. The van der Waals surface area contributed by atoms with Crippen LogP contribution in [0, 0.1) is 0 Å². The zero-order valence-corrected chi connectivity index (χ0v) is 12.8. The van der Waals surface area contributed by atoms with Crippen molar-refractivity contribution in [2.45, 2.75) is 30.5 Å². The lowest BCUT2D eigenvalue weighted by Crippen LogP contribution is -2.55. The Labute approximate surface area is 137 Å². The molecule has 9 heteroatoms. The first kappa shape index (κ1) is 16.8. The molecule has 1 aromatic heterocycles. The van der Waals surface area contributed by atoms with E-state index in [1.54, 1.807) is 31.4 Å². The summed E-state index contributed by atoms with van der Waals surface area (Å²) in [7, 11) is 1.55. The van der Waals surface area contributed by atoms with Crippen LogP contribution in [0.2, 0.25) is 0 Å². The minimum atomic E-state index is -1.50. The van der Waals surface area contributed by atoms with Crippen LogP contribution >= 0.6 is 0 Å².